The van der Waals surface area contributed by atoms with Crippen molar-refractivity contribution in [2.45, 2.75) is 19.8 Å². The van der Waals surface area contributed by atoms with Crippen LogP contribution in [0.2, 0.25) is 5.02 Å². The second kappa shape index (κ2) is 8.76. The molecule has 2 rings (SSSR count). The second-order valence-electron chi connectivity index (χ2n) is 5.30. The highest BCUT2D eigenvalue weighted by molar-refractivity contribution is 14.1. The maximum absolute atomic E-state index is 6.30. The molecule has 1 N–H and O–H groups in total. The molecule has 0 aliphatic carbocycles. The molecule has 1 atom stereocenters. The molecule has 0 bridgehead atoms. The van der Waals surface area contributed by atoms with Gasteiger partial charge in [0.05, 0.1) is 0 Å². The molecule has 1 nitrogen and oxygen atoms in total. The molecule has 0 heterocycles. The van der Waals surface area contributed by atoms with E-state index < -0.39 is 0 Å². The lowest BCUT2D eigenvalue weighted by Crippen LogP contribution is -2.25. The number of nitrogens with one attached hydrogen (secondary N) is 1. The molecule has 21 heavy (non-hydrogen) atoms. The molecule has 2 aromatic rings. The van der Waals surface area contributed by atoms with E-state index in [1.807, 2.05) is 12.1 Å². The van der Waals surface area contributed by atoms with Gasteiger partial charge >= 0.3 is 0 Å². The van der Waals surface area contributed by atoms with Crippen molar-refractivity contribution in [3.63, 3.8) is 0 Å². The topological polar surface area (TPSA) is 12.0 Å². The Morgan fingerprint density at radius 1 is 1.05 bits per heavy atom. The van der Waals surface area contributed by atoms with Crippen LogP contribution >= 0.6 is 34.2 Å². The first-order chi connectivity index (χ1) is 10.2. The van der Waals surface area contributed by atoms with Gasteiger partial charge in [0.25, 0.3) is 0 Å². The molecule has 0 spiro atoms. The Hall–Kier alpha value is -0.580. The van der Waals surface area contributed by atoms with Crippen LogP contribution in [0.3, 0.4) is 0 Å². The zero-order valence-electron chi connectivity index (χ0n) is 12.3. The van der Waals surface area contributed by atoms with Gasteiger partial charge in [0, 0.05) is 8.59 Å². The van der Waals surface area contributed by atoms with Crippen molar-refractivity contribution in [1.29, 1.82) is 0 Å². The Balaban J connectivity index is 2.07. The monoisotopic (exact) mass is 413 g/mol. The standard InChI is InChI=1S/C18H21ClIN/c1-2-21-13-15(11-14-7-9-17(20)10-8-14)12-16-5-3-4-6-18(16)19/h3-10,15,21H,2,11-13H2,1H3. The molecule has 1 unspecified atom stereocenters. The number of benzene rings is 2. The largest absolute Gasteiger partial charge is 0.317 e. The van der Waals surface area contributed by atoms with E-state index >= 15 is 0 Å². The molecule has 0 saturated carbocycles. The van der Waals surface area contributed by atoms with E-state index in [1.165, 1.54) is 14.7 Å². The van der Waals surface area contributed by atoms with Crippen molar-refractivity contribution >= 4 is 34.2 Å². The predicted molar refractivity (Wildman–Crippen MR) is 100 cm³/mol. The minimum absolute atomic E-state index is 0.560. The fourth-order valence-electron chi connectivity index (χ4n) is 2.49. The summed E-state index contributed by atoms with van der Waals surface area (Å²) in [7, 11) is 0. The Morgan fingerprint density at radius 2 is 1.76 bits per heavy atom. The highest BCUT2D eigenvalue weighted by atomic mass is 127. The van der Waals surface area contributed by atoms with Gasteiger partial charge in [-0.3, -0.25) is 0 Å². The SMILES string of the molecule is CCNCC(Cc1ccc(I)cc1)Cc1ccccc1Cl. The third-order valence-corrected chi connectivity index (χ3v) is 4.67. The van der Waals surface area contributed by atoms with Crippen LogP contribution in [0.25, 0.3) is 0 Å². The summed E-state index contributed by atoms with van der Waals surface area (Å²) < 4.78 is 1.28. The van der Waals surface area contributed by atoms with Crippen LogP contribution in [-0.4, -0.2) is 13.1 Å². The Morgan fingerprint density at radius 3 is 2.43 bits per heavy atom. The van der Waals surface area contributed by atoms with E-state index in [4.69, 9.17) is 11.6 Å². The lowest BCUT2D eigenvalue weighted by atomic mass is 9.92. The molecular formula is C18H21ClIN. The Labute approximate surface area is 146 Å². The van der Waals surface area contributed by atoms with Gasteiger partial charge < -0.3 is 5.32 Å². The van der Waals surface area contributed by atoms with Gasteiger partial charge in [-0.05, 0) is 83.8 Å². The van der Waals surface area contributed by atoms with Crippen molar-refractivity contribution in [1.82, 2.24) is 5.32 Å². The van der Waals surface area contributed by atoms with Gasteiger partial charge in [-0.25, -0.2) is 0 Å². The minimum atomic E-state index is 0.560. The van der Waals surface area contributed by atoms with Gasteiger partial charge in [0.15, 0.2) is 0 Å². The Kier molecular flexibility index (Phi) is 7.00. The molecule has 0 radical (unpaired) electrons. The van der Waals surface area contributed by atoms with Crippen LogP contribution in [0, 0.1) is 9.49 Å². The van der Waals surface area contributed by atoms with Gasteiger partial charge in [-0.15, -0.1) is 0 Å². The summed E-state index contributed by atoms with van der Waals surface area (Å²) >= 11 is 8.65. The zero-order valence-corrected chi connectivity index (χ0v) is 15.2. The van der Waals surface area contributed by atoms with E-state index in [2.05, 4.69) is 71.2 Å². The average Bonchev–Trinajstić information content (AvgIpc) is 2.49. The third-order valence-electron chi connectivity index (χ3n) is 3.59. The molecule has 0 saturated heterocycles. The maximum atomic E-state index is 6.30. The van der Waals surface area contributed by atoms with Gasteiger partial charge in [-0.1, -0.05) is 48.9 Å². The summed E-state index contributed by atoms with van der Waals surface area (Å²) in [6, 6.07) is 17.0. The van der Waals surface area contributed by atoms with E-state index in [0.717, 1.165) is 31.0 Å². The molecule has 0 fully saturated rings. The van der Waals surface area contributed by atoms with Crippen LogP contribution in [0.5, 0.6) is 0 Å². The zero-order chi connectivity index (χ0) is 15.1. The molecule has 112 valence electrons. The molecule has 3 heteroatoms. The Bertz CT molecular complexity index is 553. The van der Waals surface area contributed by atoms with E-state index in [1.54, 1.807) is 0 Å². The summed E-state index contributed by atoms with van der Waals surface area (Å²) in [5.41, 5.74) is 2.64. The number of halogens is 2. The summed E-state index contributed by atoms with van der Waals surface area (Å²) in [6.45, 7) is 4.18. The number of hydrogen-bond acceptors (Lipinski definition) is 1. The van der Waals surface area contributed by atoms with Crippen molar-refractivity contribution in [3.05, 3.63) is 68.3 Å². The summed E-state index contributed by atoms with van der Waals surface area (Å²) in [5.74, 6) is 0.560. The van der Waals surface area contributed by atoms with Gasteiger partial charge in [0.2, 0.25) is 0 Å². The molecule has 2 aromatic carbocycles. The van der Waals surface area contributed by atoms with Crippen LogP contribution < -0.4 is 5.32 Å². The summed E-state index contributed by atoms with van der Waals surface area (Å²) in [5, 5.41) is 4.35. The smallest absolute Gasteiger partial charge is 0.0438 e. The van der Waals surface area contributed by atoms with Gasteiger partial charge in [-0.2, -0.15) is 0 Å². The maximum Gasteiger partial charge on any atom is 0.0438 e. The minimum Gasteiger partial charge on any atom is -0.317 e. The molecule has 0 amide bonds. The first-order valence-electron chi connectivity index (χ1n) is 7.37. The predicted octanol–water partition coefficient (Wildman–Crippen LogP) is 4.96. The fourth-order valence-corrected chi connectivity index (χ4v) is 3.07. The first kappa shape index (κ1) is 16.8. The summed E-state index contributed by atoms with van der Waals surface area (Å²) in [4.78, 5) is 0. The quantitative estimate of drug-likeness (QED) is 0.633. The van der Waals surface area contributed by atoms with E-state index in [-0.39, 0.29) is 0 Å². The van der Waals surface area contributed by atoms with Crippen molar-refractivity contribution in [2.75, 3.05) is 13.1 Å². The van der Waals surface area contributed by atoms with Crippen LogP contribution in [-0.2, 0) is 12.8 Å². The van der Waals surface area contributed by atoms with Crippen molar-refractivity contribution in [3.8, 4) is 0 Å². The van der Waals surface area contributed by atoms with Crippen molar-refractivity contribution < 1.29 is 0 Å². The molecule has 0 aliphatic heterocycles. The lowest BCUT2D eigenvalue weighted by Gasteiger charge is -2.18. The van der Waals surface area contributed by atoms with Crippen LogP contribution in [0.4, 0.5) is 0 Å². The van der Waals surface area contributed by atoms with Crippen LogP contribution in [0.1, 0.15) is 18.1 Å². The fraction of sp³-hybridized carbons (Fsp3) is 0.333. The summed E-state index contributed by atoms with van der Waals surface area (Å²) in [6.07, 6.45) is 2.09. The van der Waals surface area contributed by atoms with E-state index in [9.17, 15) is 0 Å². The normalized spacial score (nSPS) is 12.3. The van der Waals surface area contributed by atoms with Crippen LogP contribution in [0.15, 0.2) is 48.5 Å². The van der Waals surface area contributed by atoms with E-state index in [0.29, 0.717) is 5.92 Å². The highest BCUT2D eigenvalue weighted by Crippen LogP contribution is 2.21. The lowest BCUT2D eigenvalue weighted by molar-refractivity contribution is 0.478. The third kappa shape index (κ3) is 5.61. The second-order valence-corrected chi connectivity index (χ2v) is 6.95. The number of hydrogen-bond donors (Lipinski definition) is 1. The van der Waals surface area contributed by atoms with Gasteiger partial charge in [0.1, 0.15) is 0 Å². The molecule has 0 aromatic heterocycles. The molecular weight excluding hydrogens is 393 g/mol. The average molecular weight is 414 g/mol. The van der Waals surface area contributed by atoms with Crippen molar-refractivity contribution in [2.24, 2.45) is 5.92 Å². The highest BCUT2D eigenvalue weighted by Gasteiger charge is 2.12. The first-order valence-corrected chi connectivity index (χ1v) is 8.83. The molecule has 0 aliphatic rings. The number of rotatable bonds is 7.